The molecule has 0 aliphatic rings. The fraction of sp³-hybridized carbons (Fsp3) is 0.150. The average Bonchev–Trinajstić information content (AvgIpc) is 3.15. The lowest BCUT2D eigenvalue weighted by Gasteiger charge is -2.09. The molecule has 2 aromatic carbocycles. The first-order chi connectivity index (χ1) is 13.3. The molecule has 1 N–H and O–H groups in total. The maximum Gasteiger partial charge on any atom is 0.422 e. The summed E-state index contributed by atoms with van der Waals surface area (Å²) in [5.74, 6) is 0.278. The second-order valence-electron chi connectivity index (χ2n) is 5.87. The maximum absolute atomic E-state index is 12.2. The first-order valence-corrected chi connectivity index (χ1v) is 8.61. The molecule has 28 heavy (non-hydrogen) atoms. The molecule has 0 saturated carbocycles. The molecule has 0 spiro atoms. The topological polar surface area (TPSA) is 51.5 Å². The number of halogens is 4. The fourth-order valence-electron chi connectivity index (χ4n) is 2.40. The van der Waals surface area contributed by atoms with Crippen molar-refractivity contribution in [3.05, 3.63) is 77.0 Å². The Labute approximate surface area is 163 Å². The number of hydrogen-bond acceptors (Lipinski definition) is 3. The minimum Gasteiger partial charge on any atom is -0.484 e. The highest BCUT2D eigenvalue weighted by Crippen LogP contribution is 2.29. The van der Waals surface area contributed by atoms with Gasteiger partial charge in [0.2, 0.25) is 0 Å². The van der Waals surface area contributed by atoms with Crippen molar-refractivity contribution in [1.82, 2.24) is 5.32 Å². The van der Waals surface area contributed by atoms with E-state index in [-0.39, 0.29) is 18.1 Å². The molecule has 0 aliphatic heterocycles. The van der Waals surface area contributed by atoms with Crippen molar-refractivity contribution in [3.8, 4) is 17.1 Å². The van der Waals surface area contributed by atoms with Gasteiger partial charge in [0, 0.05) is 12.1 Å². The van der Waals surface area contributed by atoms with Gasteiger partial charge < -0.3 is 14.5 Å². The van der Waals surface area contributed by atoms with Crippen molar-refractivity contribution in [2.45, 2.75) is 12.7 Å². The van der Waals surface area contributed by atoms with Gasteiger partial charge in [-0.05, 0) is 42.0 Å². The second-order valence-corrected chi connectivity index (χ2v) is 6.28. The lowest BCUT2D eigenvalue weighted by Crippen LogP contribution is -2.22. The molecule has 0 aliphatic carbocycles. The third-order valence-corrected chi connectivity index (χ3v) is 4.08. The fourth-order valence-corrected chi connectivity index (χ4v) is 2.63. The monoisotopic (exact) mass is 409 g/mol. The van der Waals surface area contributed by atoms with Crippen LogP contribution in [-0.2, 0) is 6.54 Å². The minimum atomic E-state index is -4.39. The highest BCUT2D eigenvalue weighted by molar-refractivity contribution is 6.33. The Hall–Kier alpha value is -2.93. The lowest BCUT2D eigenvalue weighted by atomic mass is 10.2. The van der Waals surface area contributed by atoms with Crippen molar-refractivity contribution < 1.29 is 27.1 Å². The van der Waals surface area contributed by atoms with E-state index in [1.54, 1.807) is 42.5 Å². The summed E-state index contributed by atoms with van der Waals surface area (Å²) < 4.78 is 46.6. The predicted molar refractivity (Wildman–Crippen MR) is 98.3 cm³/mol. The van der Waals surface area contributed by atoms with Crippen LogP contribution in [0.4, 0.5) is 13.2 Å². The molecule has 146 valence electrons. The normalized spacial score (nSPS) is 11.3. The second kappa shape index (κ2) is 8.39. The van der Waals surface area contributed by atoms with Crippen LogP contribution in [-0.4, -0.2) is 18.7 Å². The van der Waals surface area contributed by atoms with Crippen molar-refractivity contribution in [3.63, 3.8) is 0 Å². The van der Waals surface area contributed by atoms with Gasteiger partial charge in [-0.1, -0.05) is 35.9 Å². The van der Waals surface area contributed by atoms with Crippen LogP contribution >= 0.6 is 11.6 Å². The minimum absolute atomic E-state index is 0.0998. The number of carbonyl (C=O) groups is 1. The van der Waals surface area contributed by atoms with Crippen LogP contribution in [0.15, 0.2) is 65.1 Å². The van der Waals surface area contributed by atoms with Crippen molar-refractivity contribution >= 4 is 17.5 Å². The number of hydrogen-bond donors (Lipinski definition) is 1. The maximum atomic E-state index is 12.2. The Bertz CT molecular complexity index is 952. The van der Waals surface area contributed by atoms with Gasteiger partial charge >= 0.3 is 6.18 Å². The van der Waals surface area contributed by atoms with Gasteiger partial charge in [0.1, 0.15) is 11.5 Å². The third-order valence-electron chi connectivity index (χ3n) is 3.75. The summed E-state index contributed by atoms with van der Waals surface area (Å²) in [6, 6.07) is 16.3. The molecular weight excluding hydrogens is 395 g/mol. The molecular formula is C20H15ClF3NO3. The molecule has 1 aromatic heterocycles. The lowest BCUT2D eigenvalue weighted by molar-refractivity contribution is -0.153. The van der Waals surface area contributed by atoms with Crippen LogP contribution in [0.3, 0.4) is 0 Å². The Morgan fingerprint density at radius 3 is 2.43 bits per heavy atom. The van der Waals surface area contributed by atoms with E-state index in [0.717, 1.165) is 0 Å². The van der Waals surface area contributed by atoms with Crippen LogP contribution in [0, 0.1) is 0 Å². The van der Waals surface area contributed by atoms with Crippen molar-refractivity contribution in [2.75, 3.05) is 6.61 Å². The zero-order chi connectivity index (χ0) is 20.1. The third kappa shape index (κ3) is 5.29. The first-order valence-electron chi connectivity index (χ1n) is 8.23. The number of ether oxygens (including phenoxy) is 1. The van der Waals surface area contributed by atoms with Gasteiger partial charge in [0.25, 0.3) is 5.91 Å². The number of benzene rings is 2. The molecule has 4 nitrogen and oxygen atoms in total. The van der Waals surface area contributed by atoms with E-state index < -0.39 is 18.7 Å². The Morgan fingerprint density at radius 1 is 1.04 bits per heavy atom. The standard InChI is InChI=1S/C20H15ClF3NO3/c21-16-4-2-1-3-15(16)17-9-10-18(28-17)19(26)25-11-13-5-7-14(8-6-13)27-12-20(22,23)24/h1-10H,11-12H2,(H,25,26). The number of nitrogens with one attached hydrogen (secondary N) is 1. The van der Waals surface area contributed by atoms with Crippen LogP contribution in [0.2, 0.25) is 5.02 Å². The highest BCUT2D eigenvalue weighted by atomic mass is 35.5. The summed E-state index contributed by atoms with van der Waals surface area (Å²) in [4.78, 5) is 12.2. The van der Waals surface area contributed by atoms with Crippen molar-refractivity contribution in [2.24, 2.45) is 0 Å². The van der Waals surface area contributed by atoms with Gasteiger partial charge in [0.05, 0.1) is 5.02 Å². The molecule has 1 amide bonds. The molecule has 8 heteroatoms. The van der Waals surface area contributed by atoms with E-state index in [4.69, 9.17) is 16.0 Å². The molecule has 0 saturated heterocycles. The number of carbonyl (C=O) groups excluding carboxylic acids is 1. The molecule has 0 radical (unpaired) electrons. The zero-order valence-electron chi connectivity index (χ0n) is 14.4. The van der Waals surface area contributed by atoms with Crippen LogP contribution < -0.4 is 10.1 Å². The van der Waals surface area contributed by atoms with E-state index in [2.05, 4.69) is 10.1 Å². The first kappa shape index (κ1) is 19.8. The van der Waals surface area contributed by atoms with Gasteiger partial charge in [-0.3, -0.25) is 4.79 Å². The largest absolute Gasteiger partial charge is 0.484 e. The van der Waals surface area contributed by atoms with Crippen LogP contribution in [0.1, 0.15) is 16.1 Å². The number of furan rings is 1. The number of amides is 1. The summed E-state index contributed by atoms with van der Waals surface area (Å²) in [5, 5.41) is 3.19. The quantitative estimate of drug-likeness (QED) is 0.587. The average molecular weight is 410 g/mol. The SMILES string of the molecule is O=C(NCc1ccc(OCC(F)(F)F)cc1)c1ccc(-c2ccccc2Cl)o1. The number of alkyl halides is 3. The highest BCUT2D eigenvalue weighted by Gasteiger charge is 2.28. The molecule has 3 rings (SSSR count). The van der Waals surface area contributed by atoms with E-state index in [0.29, 0.717) is 21.9 Å². The summed E-state index contributed by atoms with van der Waals surface area (Å²) in [5.41, 5.74) is 1.38. The molecule has 0 unspecified atom stereocenters. The summed E-state index contributed by atoms with van der Waals surface area (Å²) in [6.45, 7) is -1.17. The zero-order valence-corrected chi connectivity index (χ0v) is 15.2. The molecule has 0 atom stereocenters. The Balaban J connectivity index is 1.57. The summed E-state index contributed by atoms with van der Waals surface area (Å²) in [7, 11) is 0. The van der Waals surface area contributed by atoms with E-state index in [1.807, 2.05) is 6.07 Å². The van der Waals surface area contributed by atoms with E-state index >= 15 is 0 Å². The molecule has 3 aromatic rings. The molecule has 0 bridgehead atoms. The van der Waals surface area contributed by atoms with Crippen LogP contribution in [0.25, 0.3) is 11.3 Å². The van der Waals surface area contributed by atoms with Gasteiger partial charge in [-0.15, -0.1) is 0 Å². The molecule has 1 heterocycles. The predicted octanol–water partition coefficient (Wildman–Crippen LogP) is 5.47. The summed E-state index contributed by atoms with van der Waals surface area (Å²) in [6.07, 6.45) is -4.39. The van der Waals surface area contributed by atoms with Crippen molar-refractivity contribution in [1.29, 1.82) is 0 Å². The van der Waals surface area contributed by atoms with Gasteiger partial charge in [0.15, 0.2) is 12.4 Å². The smallest absolute Gasteiger partial charge is 0.422 e. The van der Waals surface area contributed by atoms with Crippen LogP contribution in [0.5, 0.6) is 5.75 Å². The summed E-state index contributed by atoms with van der Waals surface area (Å²) >= 11 is 6.12. The molecule has 0 fully saturated rings. The van der Waals surface area contributed by atoms with Gasteiger partial charge in [-0.2, -0.15) is 13.2 Å². The Morgan fingerprint density at radius 2 is 1.75 bits per heavy atom. The Kier molecular flexibility index (Phi) is 5.94. The van der Waals surface area contributed by atoms with Gasteiger partial charge in [-0.25, -0.2) is 0 Å². The number of rotatable bonds is 6. The van der Waals surface area contributed by atoms with E-state index in [1.165, 1.54) is 12.1 Å². The van der Waals surface area contributed by atoms with E-state index in [9.17, 15) is 18.0 Å².